The van der Waals surface area contributed by atoms with Gasteiger partial charge in [0.15, 0.2) is 0 Å². The van der Waals surface area contributed by atoms with Gasteiger partial charge in [-0.05, 0) is 80.2 Å². The number of carbonyl (C=O) groups excluding carboxylic acids is 1. The maximum Gasteiger partial charge on any atom is 0.269 e. The number of aromatic nitrogens is 3. The third-order valence-electron chi connectivity index (χ3n) is 7.51. The zero-order valence-electron chi connectivity index (χ0n) is 21.8. The monoisotopic (exact) mass is 498 g/mol. The molecule has 8 nitrogen and oxygen atoms in total. The van der Waals surface area contributed by atoms with Gasteiger partial charge < -0.3 is 25.3 Å². The minimum Gasteiger partial charge on any atom is -0.457 e. The normalized spacial score (nSPS) is 15.0. The van der Waals surface area contributed by atoms with E-state index in [2.05, 4.69) is 75.6 Å². The van der Waals surface area contributed by atoms with E-state index in [-0.39, 0.29) is 11.3 Å². The number of imidazole rings is 1. The van der Waals surface area contributed by atoms with Crippen molar-refractivity contribution in [2.75, 3.05) is 32.5 Å². The number of amides is 1. The summed E-state index contributed by atoms with van der Waals surface area (Å²) in [6.07, 6.45) is 4.03. The summed E-state index contributed by atoms with van der Waals surface area (Å²) >= 11 is 0. The zero-order valence-corrected chi connectivity index (χ0v) is 21.8. The number of benzene rings is 2. The third kappa shape index (κ3) is 5.44. The molecule has 37 heavy (non-hydrogen) atoms. The molecular formula is C29H34N6O2. The Balaban J connectivity index is 1.27. The lowest BCUT2D eigenvalue weighted by molar-refractivity contribution is 0.0958. The van der Waals surface area contributed by atoms with Crippen molar-refractivity contribution >= 4 is 28.6 Å². The zero-order chi connectivity index (χ0) is 26.0. The lowest BCUT2D eigenvalue weighted by atomic mass is 9.69. The molecule has 1 aliphatic heterocycles. The SMILES string of the molecule is CNC(=O)c1cc(Oc2ccc3nc(Nc4ccc(C(C)(C)C5CCN(C)CC5)cc4)[nH]c3c2)ccn1. The van der Waals surface area contributed by atoms with Crippen LogP contribution in [0.3, 0.4) is 0 Å². The summed E-state index contributed by atoms with van der Waals surface area (Å²) in [5, 5.41) is 5.95. The molecule has 5 rings (SSSR count). The number of hydrogen-bond acceptors (Lipinski definition) is 6. The number of aromatic amines is 1. The number of ether oxygens (including phenoxy) is 1. The Morgan fingerprint density at radius 3 is 2.51 bits per heavy atom. The lowest BCUT2D eigenvalue weighted by Gasteiger charge is -2.40. The van der Waals surface area contributed by atoms with Gasteiger partial charge in [-0.1, -0.05) is 26.0 Å². The first kappa shape index (κ1) is 24.8. The number of hydrogen-bond donors (Lipinski definition) is 3. The summed E-state index contributed by atoms with van der Waals surface area (Å²) in [5.74, 6) is 2.27. The molecule has 0 radical (unpaired) electrons. The van der Waals surface area contributed by atoms with Crippen LogP contribution >= 0.6 is 0 Å². The summed E-state index contributed by atoms with van der Waals surface area (Å²) in [7, 11) is 3.78. The van der Waals surface area contributed by atoms with Crippen LogP contribution in [0.25, 0.3) is 11.0 Å². The summed E-state index contributed by atoms with van der Waals surface area (Å²) in [6.45, 7) is 7.09. The van der Waals surface area contributed by atoms with E-state index in [9.17, 15) is 4.79 Å². The second-order valence-corrected chi connectivity index (χ2v) is 10.3. The minimum absolute atomic E-state index is 0.144. The Labute approximate surface area is 217 Å². The Kier molecular flexibility index (Phi) is 6.84. The first-order valence-electron chi connectivity index (χ1n) is 12.7. The van der Waals surface area contributed by atoms with Gasteiger partial charge in [-0.3, -0.25) is 9.78 Å². The molecule has 1 aliphatic rings. The number of piperidine rings is 1. The van der Waals surface area contributed by atoms with Gasteiger partial charge >= 0.3 is 0 Å². The van der Waals surface area contributed by atoms with Gasteiger partial charge in [-0.2, -0.15) is 0 Å². The van der Waals surface area contributed by atoms with Crippen molar-refractivity contribution in [3.05, 3.63) is 72.1 Å². The molecule has 1 amide bonds. The molecule has 2 aromatic carbocycles. The van der Waals surface area contributed by atoms with Crippen molar-refractivity contribution in [3.8, 4) is 11.5 Å². The summed E-state index contributed by atoms with van der Waals surface area (Å²) in [5.41, 5.74) is 4.48. The van der Waals surface area contributed by atoms with Crippen LogP contribution in [0.2, 0.25) is 0 Å². The number of fused-ring (bicyclic) bond motifs is 1. The Bertz CT molecular complexity index is 1390. The molecule has 0 saturated carbocycles. The number of pyridine rings is 1. The van der Waals surface area contributed by atoms with Crippen LogP contribution in [0.1, 0.15) is 42.7 Å². The van der Waals surface area contributed by atoms with Gasteiger partial charge in [0.2, 0.25) is 5.95 Å². The van der Waals surface area contributed by atoms with Gasteiger partial charge in [-0.25, -0.2) is 4.98 Å². The van der Waals surface area contributed by atoms with Crippen molar-refractivity contribution in [1.29, 1.82) is 0 Å². The molecule has 4 aromatic rings. The van der Waals surface area contributed by atoms with Crippen LogP contribution in [0.5, 0.6) is 11.5 Å². The molecule has 192 valence electrons. The number of H-pyrrole nitrogens is 1. The number of carbonyl (C=O) groups is 1. The summed E-state index contributed by atoms with van der Waals surface area (Å²) in [4.78, 5) is 26.3. The maximum atomic E-state index is 11.8. The number of nitrogens with one attached hydrogen (secondary N) is 3. The molecule has 0 aliphatic carbocycles. The average molecular weight is 499 g/mol. The van der Waals surface area contributed by atoms with Gasteiger partial charge in [0, 0.05) is 31.1 Å². The fraction of sp³-hybridized carbons (Fsp3) is 0.345. The van der Waals surface area contributed by atoms with Gasteiger partial charge in [0.1, 0.15) is 17.2 Å². The quantitative estimate of drug-likeness (QED) is 0.313. The second kappa shape index (κ2) is 10.2. The third-order valence-corrected chi connectivity index (χ3v) is 7.51. The van der Waals surface area contributed by atoms with Crippen LogP contribution in [0.15, 0.2) is 60.8 Å². The molecule has 0 atom stereocenters. The molecule has 1 fully saturated rings. The van der Waals surface area contributed by atoms with Crippen molar-refractivity contribution in [3.63, 3.8) is 0 Å². The van der Waals surface area contributed by atoms with E-state index in [0.29, 0.717) is 29.1 Å². The number of rotatable bonds is 7. The lowest BCUT2D eigenvalue weighted by Crippen LogP contribution is -2.39. The van der Waals surface area contributed by atoms with E-state index in [0.717, 1.165) is 16.7 Å². The summed E-state index contributed by atoms with van der Waals surface area (Å²) in [6, 6.07) is 17.7. The van der Waals surface area contributed by atoms with Gasteiger partial charge in [-0.15, -0.1) is 0 Å². The fourth-order valence-corrected chi connectivity index (χ4v) is 5.06. The van der Waals surface area contributed by atoms with Gasteiger partial charge in [0.05, 0.1) is 11.0 Å². The van der Waals surface area contributed by atoms with Crippen molar-refractivity contribution in [2.24, 2.45) is 5.92 Å². The van der Waals surface area contributed by atoms with E-state index in [1.54, 1.807) is 25.4 Å². The topological polar surface area (TPSA) is 95.2 Å². The number of nitrogens with zero attached hydrogens (tertiary/aromatic N) is 3. The van der Waals surface area contributed by atoms with Crippen molar-refractivity contribution in [2.45, 2.75) is 32.1 Å². The first-order chi connectivity index (χ1) is 17.8. The first-order valence-corrected chi connectivity index (χ1v) is 12.7. The molecule has 0 bridgehead atoms. The molecule has 0 unspecified atom stereocenters. The van der Waals surface area contributed by atoms with Crippen LogP contribution < -0.4 is 15.4 Å². The predicted molar refractivity (Wildman–Crippen MR) is 147 cm³/mol. The molecule has 0 spiro atoms. The van der Waals surface area contributed by atoms with Crippen LogP contribution in [0, 0.1) is 5.92 Å². The molecule has 8 heteroatoms. The fourth-order valence-electron chi connectivity index (χ4n) is 5.06. The molecule has 2 aromatic heterocycles. The maximum absolute atomic E-state index is 11.8. The molecule has 1 saturated heterocycles. The van der Waals surface area contributed by atoms with Crippen LogP contribution in [-0.2, 0) is 5.41 Å². The average Bonchev–Trinajstić information content (AvgIpc) is 3.30. The highest BCUT2D eigenvalue weighted by Gasteiger charge is 2.33. The van der Waals surface area contributed by atoms with Crippen LogP contribution in [0.4, 0.5) is 11.6 Å². The highest BCUT2D eigenvalue weighted by molar-refractivity contribution is 5.92. The standard InChI is InChI=1S/C29H34N6O2/c1-29(2,20-12-15-35(4)16-13-20)19-5-7-21(8-6-19)32-28-33-24-10-9-22(17-25(24)34-28)37-23-11-14-31-26(18-23)27(36)30-3/h5-11,14,17-18,20H,12-13,15-16H2,1-4H3,(H,30,36)(H2,32,33,34). The smallest absolute Gasteiger partial charge is 0.269 e. The summed E-state index contributed by atoms with van der Waals surface area (Å²) < 4.78 is 5.96. The van der Waals surface area contributed by atoms with E-state index in [1.807, 2.05) is 18.2 Å². The number of anilines is 2. The van der Waals surface area contributed by atoms with E-state index >= 15 is 0 Å². The van der Waals surface area contributed by atoms with E-state index in [4.69, 9.17) is 4.74 Å². The second-order valence-electron chi connectivity index (χ2n) is 10.3. The van der Waals surface area contributed by atoms with E-state index < -0.39 is 0 Å². The Morgan fingerprint density at radius 2 is 1.78 bits per heavy atom. The highest BCUT2D eigenvalue weighted by Crippen LogP contribution is 2.38. The molecule has 3 heterocycles. The minimum atomic E-state index is -0.261. The predicted octanol–water partition coefficient (Wildman–Crippen LogP) is 5.47. The molecular weight excluding hydrogens is 464 g/mol. The largest absolute Gasteiger partial charge is 0.457 e. The molecule has 3 N–H and O–H groups in total. The highest BCUT2D eigenvalue weighted by atomic mass is 16.5. The van der Waals surface area contributed by atoms with E-state index in [1.165, 1.54) is 31.5 Å². The van der Waals surface area contributed by atoms with Crippen molar-refractivity contribution in [1.82, 2.24) is 25.2 Å². The van der Waals surface area contributed by atoms with Crippen LogP contribution in [-0.4, -0.2) is 52.9 Å². The van der Waals surface area contributed by atoms with Gasteiger partial charge in [0.25, 0.3) is 5.91 Å². The Morgan fingerprint density at radius 1 is 1.05 bits per heavy atom. The number of likely N-dealkylation sites (tertiary alicyclic amines) is 1. The Hall–Kier alpha value is -3.91. The van der Waals surface area contributed by atoms with Crippen molar-refractivity contribution < 1.29 is 9.53 Å².